The minimum absolute atomic E-state index is 0.0238. The molecule has 1 heterocycles. The second-order valence-electron chi connectivity index (χ2n) is 8.74. The van der Waals surface area contributed by atoms with Gasteiger partial charge in [0, 0.05) is 25.3 Å². The highest BCUT2D eigenvalue weighted by atomic mass is 32.2. The number of ether oxygens (including phenoxy) is 1. The third-order valence-corrected chi connectivity index (χ3v) is 9.27. The Morgan fingerprint density at radius 2 is 1.66 bits per heavy atom. The van der Waals surface area contributed by atoms with Crippen molar-refractivity contribution in [3.05, 3.63) is 0 Å². The largest absolute Gasteiger partial charge is 0.381 e. The SMILES string of the molecule is CCS(=O)(=O)NC1CCC(C2=NN(S(C)(=O)=O)C(C3CCC(OC)CC3)C2)CC1. The van der Waals surface area contributed by atoms with Crippen LogP contribution in [0, 0.1) is 11.8 Å². The minimum Gasteiger partial charge on any atom is -0.381 e. The third kappa shape index (κ3) is 5.71. The molecule has 2 aliphatic carbocycles. The molecular formula is C19H35N3O5S2. The molecule has 0 amide bonds. The molecule has 3 rings (SSSR count). The van der Waals surface area contributed by atoms with Crippen LogP contribution in [0.1, 0.15) is 64.7 Å². The summed E-state index contributed by atoms with van der Waals surface area (Å²) in [6.45, 7) is 1.64. The van der Waals surface area contributed by atoms with Crippen molar-refractivity contribution in [2.75, 3.05) is 19.1 Å². The molecule has 0 saturated heterocycles. The summed E-state index contributed by atoms with van der Waals surface area (Å²) >= 11 is 0. The van der Waals surface area contributed by atoms with Gasteiger partial charge in [0.2, 0.25) is 20.0 Å². The van der Waals surface area contributed by atoms with Crippen molar-refractivity contribution in [1.29, 1.82) is 0 Å². The van der Waals surface area contributed by atoms with E-state index in [0.29, 0.717) is 12.3 Å². The van der Waals surface area contributed by atoms with E-state index in [0.717, 1.165) is 57.1 Å². The first-order valence-corrected chi connectivity index (χ1v) is 14.2. The van der Waals surface area contributed by atoms with Gasteiger partial charge in [-0.15, -0.1) is 0 Å². The maximum atomic E-state index is 12.4. The molecule has 168 valence electrons. The minimum atomic E-state index is -3.41. The first-order valence-electron chi connectivity index (χ1n) is 10.7. The molecule has 0 aromatic heterocycles. The Morgan fingerprint density at radius 1 is 1.03 bits per heavy atom. The van der Waals surface area contributed by atoms with Crippen LogP contribution in [0.5, 0.6) is 0 Å². The summed E-state index contributed by atoms with van der Waals surface area (Å²) in [6, 6.07) is -0.113. The summed E-state index contributed by atoms with van der Waals surface area (Å²) in [5.74, 6) is 0.641. The summed E-state index contributed by atoms with van der Waals surface area (Å²) in [5, 5.41) is 4.59. The zero-order chi connectivity index (χ0) is 21.2. The van der Waals surface area contributed by atoms with Gasteiger partial charge in [0.15, 0.2) is 0 Å². The van der Waals surface area contributed by atoms with E-state index < -0.39 is 20.0 Å². The van der Waals surface area contributed by atoms with Crippen molar-refractivity contribution in [2.24, 2.45) is 16.9 Å². The highest BCUT2D eigenvalue weighted by Gasteiger charge is 2.42. The van der Waals surface area contributed by atoms with Crippen molar-refractivity contribution in [3.63, 3.8) is 0 Å². The predicted molar refractivity (Wildman–Crippen MR) is 114 cm³/mol. The van der Waals surface area contributed by atoms with E-state index in [1.165, 1.54) is 10.7 Å². The number of hydrazone groups is 1. The Labute approximate surface area is 175 Å². The molecule has 10 heteroatoms. The summed E-state index contributed by atoms with van der Waals surface area (Å²) in [6.07, 6.45) is 9.30. The van der Waals surface area contributed by atoms with Crippen LogP contribution in [0.15, 0.2) is 5.10 Å². The fourth-order valence-electron chi connectivity index (χ4n) is 5.04. The molecule has 1 N–H and O–H groups in total. The normalized spacial score (nSPS) is 34.2. The number of nitrogens with zero attached hydrogens (tertiary/aromatic N) is 2. The highest BCUT2D eigenvalue weighted by Crippen LogP contribution is 2.38. The van der Waals surface area contributed by atoms with Crippen LogP contribution in [0.25, 0.3) is 0 Å². The van der Waals surface area contributed by atoms with Crippen LogP contribution < -0.4 is 4.72 Å². The van der Waals surface area contributed by atoms with E-state index in [9.17, 15) is 16.8 Å². The number of hydrogen-bond donors (Lipinski definition) is 1. The topological polar surface area (TPSA) is 105 Å². The molecule has 0 aromatic carbocycles. The molecule has 0 aromatic rings. The van der Waals surface area contributed by atoms with E-state index in [-0.39, 0.29) is 29.9 Å². The number of hydrogen-bond acceptors (Lipinski definition) is 6. The number of nitrogens with one attached hydrogen (secondary N) is 1. The molecule has 1 atom stereocenters. The Bertz CT molecular complexity index is 796. The van der Waals surface area contributed by atoms with Crippen molar-refractivity contribution in [2.45, 2.75) is 82.9 Å². The molecule has 8 nitrogen and oxygen atoms in total. The highest BCUT2D eigenvalue weighted by molar-refractivity contribution is 7.89. The van der Waals surface area contributed by atoms with E-state index in [1.54, 1.807) is 14.0 Å². The fraction of sp³-hybridized carbons (Fsp3) is 0.947. The summed E-state index contributed by atoms with van der Waals surface area (Å²) in [7, 11) is -4.86. The molecule has 29 heavy (non-hydrogen) atoms. The maximum Gasteiger partial charge on any atom is 0.247 e. The lowest BCUT2D eigenvalue weighted by Gasteiger charge is -2.34. The lowest BCUT2D eigenvalue weighted by Crippen LogP contribution is -2.40. The average molecular weight is 450 g/mol. The van der Waals surface area contributed by atoms with Crippen molar-refractivity contribution >= 4 is 25.8 Å². The molecule has 2 saturated carbocycles. The number of sulfonamides is 2. The predicted octanol–water partition coefficient (Wildman–Crippen LogP) is 2.08. The van der Waals surface area contributed by atoms with Crippen LogP contribution in [0.2, 0.25) is 0 Å². The number of methoxy groups -OCH3 is 1. The van der Waals surface area contributed by atoms with Crippen LogP contribution in [0.4, 0.5) is 0 Å². The molecule has 0 spiro atoms. The Kier molecular flexibility index (Phi) is 7.28. The van der Waals surface area contributed by atoms with E-state index in [1.807, 2.05) is 0 Å². The Hall–Kier alpha value is -0.710. The molecular weight excluding hydrogens is 414 g/mol. The van der Waals surface area contributed by atoms with Gasteiger partial charge in [-0.25, -0.2) is 21.6 Å². The van der Waals surface area contributed by atoms with Crippen molar-refractivity contribution < 1.29 is 21.6 Å². The first-order chi connectivity index (χ1) is 13.6. The zero-order valence-electron chi connectivity index (χ0n) is 17.7. The fourth-order valence-corrected chi connectivity index (χ4v) is 6.94. The molecule has 0 bridgehead atoms. The van der Waals surface area contributed by atoms with Gasteiger partial charge >= 0.3 is 0 Å². The summed E-state index contributed by atoms with van der Waals surface area (Å²) in [5.41, 5.74) is 0.978. The van der Waals surface area contributed by atoms with E-state index in [4.69, 9.17) is 4.74 Å². The molecule has 1 aliphatic heterocycles. The van der Waals surface area contributed by atoms with Gasteiger partial charge in [0.1, 0.15) is 0 Å². The quantitative estimate of drug-likeness (QED) is 0.641. The van der Waals surface area contributed by atoms with Gasteiger partial charge in [0.25, 0.3) is 0 Å². The van der Waals surface area contributed by atoms with Gasteiger partial charge in [-0.1, -0.05) is 0 Å². The summed E-state index contributed by atoms with van der Waals surface area (Å²) < 4.78 is 58.0. The van der Waals surface area contributed by atoms with Crippen molar-refractivity contribution in [1.82, 2.24) is 9.14 Å². The van der Waals surface area contributed by atoms with Gasteiger partial charge in [-0.05, 0) is 70.1 Å². The van der Waals surface area contributed by atoms with Crippen molar-refractivity contribution in [3.8, 4) is 0 Å². The van der Waals surface area contributed by atoms with Gasteiger partial charge in [0.05, 0.1) is 24.2 Å². The lowest BCUT2D eigenvalue weighted by molar-refractivity contribution is 0.0461. The van der Waals surface area contributed by atoms with E-state index in [2.05, 4.69) is 9.82 Å². The Morgan fingerprint density at radius 3 is 2.17 bits per heavy atom. The zero-order valence-corrected chi connectivity index (χ0v) is 19.3. The standard InChI is InChI=1S/C19H35N3O5S2/c1-4-29(25,26)21-16-9-5-14(6-10-16)18-13-19(22(20-18)28(3,23)24)15-7-11-17(27-2)12-8-15/h14-17,19,21H,4-13H2,1-3H3. The van der Waals surface area contributed by atoms with Gasteiger partial charge in [-0.3, -0.25) is 0 Å². The second kappa shape index (κ2) is 9.20. The van der Waals surface area contributed by atoms with Gasteiger partial charge < -0.3 is 4.74 Å². The molecule has 0 radical (unpaired) electrons. The third-order valence-electron chi connectivity index (χ3n) is 6.79. The summed E-state index contributed by atoms with van der Waals surface area (Å²) in [4.78, 5) is 0. The lowest BCUT2D eigenvalue weighted by atomic mass is 9.78. The van der Waals surface area contributed by atoms with E-state index >= 15 is 0 Å². The molecule has 1 unspecified atom stereocenters. The van der Waals surface area contributed by atoms with Gasteiger partial charge in [-0.2, -0.15) is 9.52 Å². The van der Waals surface area contributed by atoms with Crippen LogP contribution in [-0.4, -0.2) is 64.3 Å². The maximum absolute atomic E-state index is 12.4. The molecule has 3 aliphatic rings. The second-order valence-corrected chi connectivity index (χ2v) is 12.6. The monoisotopic (exact) mass is 449 g/mol. The average Bonchev–Trinajstić information content (AvgIpc) is 3.14. The van der Waals surface area contributed by atoms with Crippen LogP contribution in [-0.2, 0) is 24.8 Å². The molecule has 2 fully saturated rings. The van der Waals surface area contributed by atoms with Crippen LogP contribution >= 0.6 is 0 Å². The smallest absolute Gasteiger partial charge is 0.247 e. The van der Waals surface area contributed by atoms with Crippen LogP contribution in [0.3, 0.4) is 0 Å². The first kappa shape index (κ1) is 23.0. The number of rotatable bonds is 7. The Balaban J connectivity index is 1.63.